The van der Waals surface area contributed by atoms with Crippen molar-refractivity contribution < 1.29 is 18.7 Å². The number of fused-ring (bicyclic) bond motifs is 1. The highest BCUT2D eigenvalue weighted by Gasteiger charge is 2.26. The van der Waals surface area contributed by atoms with Crippen molar-refractivity contribution in [3.8, 4) is 22.3 Å². The van der Waals surface area contributed by atoms with Crippen LogP contribution in [-0.4, -0.2) is 33.8 Å². The van der Waals surface area contributed by atoms with E-state index in [2.05, 4.69) is 11.9 Å². The van der Waals surface area contributed by atoms with Gasteiger partial charge in [-0.1, -0.05) is 60.3 Å². The van der Waals surface area contributed by atoms with Gasteiger partial charge >= 0.3 is 5.97 Å². The second kappa shape index (κ2) is 12.8. The summed E-state index contributed by atoms with van der Waals surface area (Å²) in [5.41, 5.74) is 3.02. The van der Waals surface area contributed by atoms with E-state index in [1.54, 1.807) is 25.1 Å². The number of anilines is 1. The topological polar surface area (TPSA) is 90.3 Å². The van der Waals surface area contributed by atoms with Crippen molar-refractivity contribution in [3.05, 3.63) is 99.2 Å². The van der Waals surface area contributed by atoms with Gasteiger partial charge in [0.05, 0.1) is 17.7 Å². The molecule has 11 heteroatoms. The van der Waals surface area contributed by atoms with E-state index < -0.39 is 5.97 Å². The molecule has 3 heterocycles. The Labute approximate surface area is 253 Å². The SMILES string of the molecule is C=CCn1c(SCC(=O)Nc2sc(C)c(-c3ccccc3)c2C(=O)OCC)nc2scc(-c3ccc(F)cc3)c2c1=O. The largest absolute Gasteiger partial charge is 0.462 e. The van der Waals surface area contributed by atoms with E-state index in [4.69, 9.17) is 9.72 Å². The summed E-state index contributed by atoms with van der Waals surface area (Å²) in [6.45, 7) is 7.79. The van der Waals surface area contributed by atoms with Crippen molar-refractivity contribution in [3.63, 3.8) is 0 Å². The molecule has 1 amide bonds. The Bertz CT molecular complexity index is 1840. The number of nitrogens with zero attached hydrogens (tertiary/aromatic N) is 2. The number of thiophene rings is 2. The molecule has 0 atom stereocenters. The van der Waals surface area contributed by atoms with Crippen LogP contribution in [0.2, 0.25) is 0 Å². The number of amides is 1. The fourth-order valence-corrected chi connectivity index (χ4v) is 7.40. The van der Waals surface area contributed by atoms with E-state index in [1.165, 1.54) is 39.4 Å². The van der Waals surface area contributed by atoms with Gasteiger partial charge in [-0.3, -0.25) is 14.2 Å². The van der Waals surface area contributed by atoms with E-state index in [-0.39, 0.29) is 36.2 Å². The molecule has 5 aromatic rings. The van der Waals surface area contributed by atoms with Crippen LogP contribution >= 0.6 is 34.4 Å². The first-order valence-corrected chi connectivity index (χ1v) is 15.7. The molecule has 0 fully saturated rings. The van der Waals surface area contributed by atoms with Gasteiger partial charge in [-0.2, -0.15) is 0 Å². The first kappa shape index (κ1) is 29.4. The summed E-state index contributed by atoms with van der Waals surface area (Å²) in [7, 11) is 0. The van der Waals surface area contributed by atoms with E-state index >= 15 is 0 Å². The van der Waals surface area contributed by atoms with Crippen LogP contribution in [0.25, 0.3) is 32.5 Å². The molecule has 2 aromatic carbocycles. The summed E-state index contributed by atoms with van der Waals surface area (Å²) in [6, 6.07) is 15.4. The Hall–Kier alpha value is -4.06. The average molecular weight is 620 g/mol. The van der Waals surface area contributed by atoms with Gasteiger partial charge in [0.2, 0.25) is 5.91 Å². The molecule has 0 saturated carbocycles. The lowest BCUT2D eigenvalue weighted by Gasteiger charge is -2.11. The summed E-state index contributed by atoms with van der Waals surface area (Å²) in [4.78, 5) is 45.8. The number of allylic oxidation sites excluding steroid dienone is 1. The van der Waals surface area contributed by atoms with Gasteiger partial charge in [0, 0.05) is 27.9 Å². The first-order valence-electron chi connectivity index (χ1n) is 13.0. The van der Waals surface area contributed by atoms with Crippen molar-refractivity contribution in [1.29, 1.82) is 0 Å². The van der Waals surface area contributed by atoms with Crippen LogP contribution in [0, 0.1) is 12.7 Å². The van der Waals surface area contributed by atoms with E-state index in [1.807, 2.05) is 42.6 Å². The number of hydrogen-bond donors (Lipinski definition) is 1. The average Bonchev–Trinajstić information content (AvgIpc) is 3.55. The number of carbonyl (C=O) groups is 2. The molecule has 0 unspecified atom stereocenters. The molecular weight excluding hydrogens is 594 g/mol. The fourth-order valence-electron chi connectivity index (χ4n) is 4.52. The minimum atomic E-state index is -0.509. The molecule has 0 saturated heterocycles. The van der Waals surface area contributed by atoms with Crippen LogP contribution in [0.3, 0.4) is 0 Å². The smallest absolute Gasteiger partial charge is 0.341 e. The number of halogens is 1. The molecule has 214 valence electrons. The highest BCUT2D eigenvalue weighted by atomic mass is 32.2. The zero-order valence-electron chi connectivity index (χ0n) is 22.8. The summed E-state index contributed by atoms with van der Waals surface area (Å²) in [5.74, 6) is -1.28. The fraction of sp³-hybridized carbons (Fsp3) is 0.161. The van der Waals surface area contributed by atoms with Crippen LogP contribution in [0.1, 0.15) is 22.2 Å². The number of aryl methyl sites for hydroxylation is 1. The van der Waals surface area contributed by atoms with E-state index in [0.717, 1.165) is 27.8 Å². The zero-order chi connectivity index (χ0) is 29.8. The van der Waals surface area contributed by atoms with Crippen LogP contribution < -0.4 is 10.9 Å². The third kappa shape index (κ3) is 5.94. The Morgan fingerprint density at radius 2 is 1.88 bits per heavy atom. The van der Waals surface area contributed by atoms with Crippen LogP contribution in [-0.2, 0) is 16.1 Å². The number of nitrogens with one attached hydrogen (secondary N) is 1. The van der Waals surface area contributed by atoms with E-state index in [0.29, 0.717) is 37.1 Å². The van der Waals surface area contributed by atoms with Crippen molar-refractivity contribution >= 4 is 61.5 Å². The van der Waals surface area contributed by atoms with Crippen molar-refractivity contribution in [2.24, 2.45) is 0 Å². The Morgan fingerprint density at radius 1 is 1.14 bits per heavy atom. The van der Waals surface area contributed by atoms with Crippen molar-refractivity contribution in [1.82, 2.24) is 9.55 Å². The van der Waals surface area contributed by atoms with Gasteiger partial charge in [0.25, 0.3) is 5.56 Å². The second-order valence-electron chi connectivity index (χ2n) is 9.10. The lowest BCUT2D eigenvalue weighted by molar-refractivity contribution is -0.113. The quantitative estimate of drug-likeness (QED) is 0.0759. The molecule has 0 aliphatic carbocycles. The molecule has 7 nitrogen and oxygen atoms in total. The lowest BCUT2D eigenvalue weighted by atomic mass is 10.0. The highest BCUT2D eigenvalue weighted by Crippen LogP contribution is 2.40. The van der Waals surface area contributed by atoms with Crippen LogP contribution in [0.4, 0.5) is 9.39 Å². The van der Waals surface area contributed by atoms with Crippen LogP contribution in [0.5, 0.6) is 0 Å². The Kier molecular flexibility index (Phi) is 9.00. The highest BCUT2D eigenvalue weighted by molar-refractivity contribution is 7.99. The first-order chi connectivity index (χ1) is 20.3. The summed E-state index contributed by atoms with van der Waals surface area (Å²) in [5, 5.41) is 5.91. The molecule has 0 spiro atoms. The summed E-state index contributed by atoms with van der Waals surface area (Å²) >= 11 is 3.74. The van der Waals surface area contributed by atoms with Crippen LogP contribution in [0.15, 0.2) is 82.6 Å². The van der Waals surface area contributed by atoms with E-state index in [9.17, 15) is 18.8 Å². The zero-order valence-corrected chi connectivity index (χ0v) is 25.3. The lowest BCUT2D eigenvalue weighted by Crippen LogP contribution is -2.23. The standard InChI is InChI=1S/C31H26FN3O4S3/c1-4-15-35-29(37)25-22(19-11-13-21(32)14-12-19)16-40-27(25)34-31(35)41-17-23(36)33-28-26(30(38)39-5-2)24(18(3)42-28)20-9-7-6-8-10-20/h4,6-14,16H,1,5,15,17H2,2-3H3,(H,33,36). The Morgan fingerprint density at radius 3 is 2.57 bits per heavy atom. The van der Waals surface area contributed by atoms with Crippen molar-refractivity contribution in [2.75, 3.05) is 17.7 Å². The number of aromatic nitrogens is 2. The molecule has 0 aliphatic heterocycles. The minimum Gasteiger partial charge on any atom is -0.462 e. The predicted molar refractivity (Wildman–Crippen MR) is 169 cm³/mol. The van der Waals surface area contributed by atoms with Crippen molar-refractivity contribution in [2.45, 2.75) is 25.5 Å². The third-order valence-electron chi connectivity index (χ3n) is 6.34. The molecule has 3 aromatic heterocycles. The minimum absolute atomic E-state index is 0.0504. The van der Waals surface area contributed by atoms with Gasteiger partial charge in [-0.15, -0.1) is 29.3 Å². The Balaban J connectivity index is 1.43. The van der Waals surface area contributed by atoms with Gasteiger partial charge in [0.1, 0.15) is 21.2 Å². The summed E-state index contributed by atoms with van der Waals surface area (Å²) in [6.07, 6.45) is 1.59. The molecule has 0 radical (unpaired) electrons. The number of carbonyl (C=O) groups excluding carboxylic acids is 2. The van der Waals surface area contributed by atoms with Gasteiger partial charge in [0.15, 0.2) is 5.16 Å². The number of thioether (sulfide) groups is 1. The monoisotopic (exact) mass is 619 g/mol. The van der Waals surface area contributed by atoms with Gasteiger partial charge in [-0.25, -0.2) is 14.2 Å². The second-order valence-corrected chi connectivity index (χ2v) is 12.1. The molecule has 5 rings (SSSR count). The number of rotatable bonds is 10. The number of ether oxygens (including phenoxy) is 1. The number of esters is 1. The molecule has 1 N–H and O–H groups in total. The maximum absolute atomic E-state index is 13.6. The third-order valence-corrected chi connectivity index (χ3v) is 9.21. The molecule has 0 aliphatic rings. The van der Waals surface area contributed by atoms with Gasteiger partial charge in [-0.05, 0) is 37.1 Å². The molecular formula is C31H26FN3O4S3. The predicted octanol–water partition coefficient (Wildman–Crippen LogP) is 7.39. The molecule has 0 bridgehead atoms. The van der Waals surface area contributed by atoms with Gasteiger partial charge < -0.3 is 10.1 Å². The number of hydrogen-bond acceptors (Lipinski definition) is 8. The molecule has 42 heavy (non-hydrogen) atoms. The maximum atomic E-state index is 13.6. The number of benzene rings is 2. The summed E-state index contributed by atoms with van der Waals surface area (Å²) < 4.78 is 20.3. The normalized spacial score (nSPS) is 11.0. The maximum Gasteiger partial charge on any atom is 0.341 e.